The van der Waals surface area contributed by atoms with Gasteiger partial charge in [-0.2, -0.15) is 0 Å². The Morgan fingerprint density at radius 2 is 1.75 bits per heavy atom. The van der Waals surface area contributed by atoms with E-state index in [0.717, 1.165) is 10.8 Å². The van der Waals surface area contributed by atoms with E-state index in [1.54, 1.807) is 26.0 Å². The van der Waals surface area contributed by atoms with Gasteiger partial charge in [-0.1, -0.05) is 35.9 Å². The molecule has 2 aromatic carbocycles. The van der Waals surface area contributed by atoms with Crippen LogP contribution in [-0.4, -0.2) is 55.5 Å². The molecule has 0 radical (unpaired) electrons. The van der Waals surface area contributed by atoms with Crippen LogP contribution in [0.1, 0.15) is 13.8 Å². The molecule has 0 aromatic heterocycles. The van der Waals surface area contributed by atoms with Gasteiger partial charge in [0.25, 0.3) is 5.91 Å². The van der Waals surface area contributed by atoms with E-state index < -0.39 is 18.5 Å². The third kappa shape index (κ3) is 5.85. The van der Waals surface area contributed by atoms with Crippen LogP contribution in [0.4, 0.5) is 0 Å². The van der Waals surface area contributed by atoms with Crippen LogP contribution >= 0.6 is 11.6 Å². The number of carbonyl (C=O) groups is 3. The number of benzene rings is 2. The largest absolute Gasteiger partial charge is 0.481 e. The van der Waals surface area contributed by atoms with Crippen LogP contribution in [0.2, 0.25) is 5.02 Å². The molecule has 8 heteroatoms. The van der Waals surface area contributed by atoms with Gasteiger partial charge in [0.15, 0.2) is 13.2 Å². The molecule has 150 valence electrons. The summed E-state index contributed by atoms with van der Waals surface area (Å²) in [5, 5.41) is 4.79. The lowest BCUT2D eigenvalue weighted by atomic mass is 10.1. The Balaban J connectivity index is 1.87. The number of nitrogens with one attached hydrogen (secondary N) is 1. The maximum absolute atomic E-state index is 12.1. The van der Waals surface area contributed by atoms with Crippen LogP contribution in [-0.2, 0) is 19.1 Å². The van der Waals surface area contributed by atoms with Gasteiger partial charge in [-0.15, -0.1) is 0 Å². The molecule has 0 fully saturated rings. The molecule has 0 aliphatic carbocycles. The fourth-order valence-electron chi connectivity index (χ4n) is 2.58. The predicted molar refractivity (Wildman–Crippen MR) is 106 cm³/mol. The van der Waals surface area contributed by atoms with Gasteiger partial charge >= 0.3 is 5.97 Å². The molecule has 0 aliphatic heterocycles. The Labute approximate surface area is 168 Å². The second-order valence-corrected chi connectivity index (χ2v) is 6.31. The second kappa shape index (κ2) is 10.5. The van der Waals surface area contributed by atoms with Gasteiger partial charge in [-0.3, -0.25) is 9.59 Å². The van der Waals surface area contributed by atoms with E-state index in [2.05, 4.69) is 5.32 Å². The van der Waals surface area contributed by atoms with E-state index in [4.69, 9.17) is 21.1 Å². The van der Waals surface area contributed by atoms with Gasteiger partial charge < -0.3 is 19.7 Å². The van der Waals surface area contributed by atoms with Crippen LogP contribution < -0.4 is 10.1 Å². The van der Waals surface area contributed by atoms with E-state index in [0.29, 0.717) is 23.9 Å². The summed E-state index contributed by atoms with van der Waals surface area (Å²) in [5.74, 6) is -0.892. The molecule has 0 spiro atoms. The van der Waals surface area contributed by atoms with Crippen LogP contribution in [0.25, 0.3) is 10.8 Å². The summed E-state index contributed by atoms with van der Waals surface area (Å²) in [7, 11) is 0. The summed E-state index contributed by atoms with van der Waals surface area (Å²) in [4.78, 5) is 37.0. The maximum Gasteiger partial charge on any atom is 0.344 e. The number of esters is 1. The first kappa shape index (κ1) is 21.5. The molecule has 2 aromatic rings. The van der Waals surface area contributed by atoms with Gasteiger partial charge in [0, 0.05) is 28.9 Å². The number of hydrogen-bond donors (Lipinski definition) is 1. The highest BCUT2D eigenvalue weighted by molar-refractivity contribution is 6.35. The average Bonchev–Trinajstić information content (AvgIpc) is 2.70. The van der Waals surface area contributed by atoms with Gasteiger partial charge in [0.2, 0.25) is 5.91 Å². The second-order valence-electron chi connectivity index (χ2n) is 5.90. The van der Waals surface area contributed by atoms with Crippen molar-refractivity contribution in [2.45, 2.75) is 13.8 Å². The highest BCUT2D eigenvalue weighted by atomic mass is 35.5. The number of ether oxygens (including phenoxy) is 2. The van der Waals surface area contributed by atoms with E-state index in [1.807, 2.05) is 24.3 Å². The Morgan fingerprint density at radius 1 is 1.04 bits per heavy atom. The van der Waals surface area contributed by atoms with Crippen molar-refractivity contribution in [3.63, 3.8) is 0 Å². The zero-order valence-corrected chi connectivity index (χ0v) is 16.6. The van der Waals surface area contributed by atoms with Crippen molar-refractivity contribution in [3.05, 3.63) is 41.4 Å². The molecule has 2 amide bonds. The number of likely N-dealkylation sites (N-methyl/N-ethyl adjacent to an activating group) is 2. The van der Waals surface area contributed by atoms with Gasteiger partial charge in [0.05, 0.1) is 6.54 Å². The van der Waals surface area contributed by atoms with Gasteiger partial charge in [-0.05, 0) is 26.0 Å². The molecule has 7 nitrogen and oxygen atoms in total. The van der Waals surface area contributed by atoms with Crippen molar-refractivity contribution >= 4 is 40.2 Å². The lowest BCUT2D eigenvalue weighted by Crippen LogP contribution is -2.42. The first-order chi connectivity index (χ1) is 13.5. The minimum absolute atomic E-state index is 0.0754. The number of rotatable bonds is 9. The standard InChI is InChI=1S/C20H23ClN2O5/c1-3-22-18(24)11-23(4-2)19(25)12-28-20(26)13-27-17-10-9-16(21)14-7-5-6-8-15(14)17/h5-10H,3-4,11-13H2,1-2H3,(H,22,24). The third-order valence-electron chi connectivity index (χ3n) is 3.98. The fourth-order valence-corrected chi connectivity index (χ4v) is 2.80. The predicted octanol–water partition coefficient (Wildman–Crippen LogP) is 2.40. The lowest BCUT2D eigenvalue weighted by Gasteiger charge is -2.20. The number of amides is 2. The Morgan fingerprint density at radius 3 is 2.43 bits per heavy atom. The highest BCUT2D eigenvalue weighted by Gasteiger charge is 2.17. The summed E-state index contributed by atoms with van der Waals surface area (Å²) in [6.45, 7) is 3.48. The van der Waals surface area contributed by atoms with Crippen LogP contribution in [0, 0.1) is 0 Å². The monoisotopic (exact) mass is 406 g/mol. The first-order valence-electron chi connectivity index (χ1n) is 8.96. The SMILES string of the molecule is CCNC(=O)CN(CC)C(=O)COC(=O)COc1ccc(Cl)c2ccccc12. The number of carbonyl (C=O) groups excluding carboxylic acids is 3. The van der Waals surface area contributed by atoms with E-state index in [9.17, 15) is 14.4 Å². The van der Waals surface area contributed by atoms with Crippen LogP contribution in [0.5, 0.6) is 5.75 Å². The smallest absolute Gasteiger partial charge is 0.344 e. The molecule has 28 heavy (non-hydrogen) atoms. The van der Waals surface area contributed by atoms with Crippen molar-refractivity contribution in [1.29, 1.82) is 0 Å². The molecule has 2 rings (SSSR count). The van der Waals surface area contributed by atoms with Gasteiger partial charge in [0.1, 0.15) is 5.75 Å². The topological polar surface area (TPSA) is 84.9 Å². The number of fused-ring (bicyclic) bond motifs is 1. The Kier molecular flexibility index (Phi) is 8.07. The van der Waals surface area contributed by atoms with Crippen molar-refractivity contribution < 1.29 is 23.9 Å². The minimum Gasteiger partial charge on any atom is -0.481 e. The Bertz CT molecular complexity index is 856. The number of hydrogen-bond acceptors (Lipinski definition) is 5. The molecule has 0 heterocycles. The van der Waals surface area contributed by atoms with Crippen molar-refractivity contribution in [1.82, 2.24) is 10.2 Å². The molecule has 0 unspecified atom stereocenters. The number of nitrogens with zero attached hydrogens (tertiary/aromatic N) is 1. The Hall–Kier alpha value is -2.80. The fraction of sp³-hybridized carbons (Fsp3) is 0.350. The zero-order chi connectivity index (χ0) is 20.5. The van der Waals surface area contributed by atoms with Crippen LogP contribution in [0.3, 0.4) is 0 Å². The lowest BCUT2D eigenvalue weighted by molar-refractivity contribution is -0.154. The summed E-state index contributed by atoms with van der Waals surface area (Å²) in [6.07, 6.45) is 0. The molecule has 0 bridgehead atoms. The summed E-state index contributed by atoms with van der Waals surface area (Å²) >= 11 is 6.16. The van der Waals surface area contributed by atoms with E-state index in [-0.39, 0.29) is 19.1 Å². The molecule has 0 atom stereocenters. The van der Waals surface area contributed by atoms with Crippen molar-refractivity contribution in [3.8, 4) is 5.75 Å². The van der Waals surface area contributed by atoms with Gasteiger partial charge in [-0.25, -0.2) is 4.79 Å². The normalized spacial score (nSPS) is 10.4. The maximum atomic E-state index is 12.1. The molecule has 0 saturated heterocycles. The molecule has 1 N–H and O–H groups in total. The van der Waals surface area contributed by atoms with E-state index in [1.165, 1.54) is 4.90 Å². The van der Waals surface area contributed by atoms with Crippen molar-refractivity contribution in [2.75, 3.05) is 32.8 Å². The first-order valence-corrected chi connectivity index (χ1v) is 9.34. The quantitative estimate of drug-likeness (QED) is 0.646. The zero-order valence-electron chi connectivity index (χ0n) is 15.9. The van der Waals surface area contributed by atoms with Crippen molar-refractivity contribution in [2.24, 2.45) is 0 Å². The molecule has 0 saturated carbocycles. The summed E-state index contributed by atoms with van der Waals surface area (Å²) < 4.78 is 10.5. The highest BCUT2D eigenvalue weighted by Crippen LogP contribution is 2.31. The van der Waals surface area contributed by atoms with E-state index >= 15 is 0 Å². The molecular weight excluding hydrogens is 384 g/mol. The summed E-state index contributed by atoms with van der Waals surface area (Å²) in [6, 6.07) is 10.8. The summed E-state index contributed by atoms with van der Waals surface area (Å²) in [5.41, 5.74) is 0. The molecule has 0 aliphatic rings. The average molecular weight is 407 g/mol. The minimum atomic E-state index is -0.679. The number of halogens is 1. The molecular formula is C20H23ClN2O5. The van der Waals surface area contributed by atoms with Crippen LogP contribution in [0.15, 0.2) is 36.4 Å². The third-order valence-corrected chi connectivity index (χ3v) is 4.31.